The molecule has 3 aromatic rings. The van der Waals surface area contributed by atoms with E-state index in [1.165, 1.54) is 104 Å². The molecule has 1 heterocycles. The van der Waals surface area contributed by atoms with Gasteiger partial charge in [-0.05, 0) is 16.7 Å². The summed E-state index contributed by atoms with van der Waals surface area (Å²) < 4.78 is 0. The molecule has 14 nitrogen and oxygen atoms in total. The van der Waals surface area contributed by atoms with Crippen LogP contribution < -0.4 is 41.3 Å². The van der Waals surface area contributed by atoms with Crippen molar-refractivity contribution in [1.29, 1.82) is 0 Å². The van der Waals surface area contributed by atoms with Gasteiger partial charge in [-0.2, -0.15) is 0 Å². The molecule has 6 N–H and O–H groups in total. The molecular weight excluding hydrogens is 602 g/mol. The fourth-order valence-electron chi connectivity index (χ4n) is 2.67. The summed E-state index contributed by atoms with van der Waals surface area (Å²) >= 11 is 0. The van der Waals surface area contributed by atoms with Crippen molar-refractivity contribution in [3.8, 4) is 17.2 Å². The van der Waals surface area contributed by atoms with Crippen molar-refractivity contribution in [2.24, 2.45) is 0 Å². The summed E-state index contributed by atoms with van der Waals surface area (Å²) in [6.07, 6.45) is 0.750. The Kier molecular flexibility index (Phi) is 25.3. The number of nitrogens with two attached hydrogens (primary N) is 2. The number of hydrogen-bond donors (Lipinski definition) is 2. The summed E-state index contributed by atoms with van der Waals surface area (Å²) in [6.45, 7) is 5.28. The van der Waals surface area contributed by atoms with Crippen molar-refractivity contribution >= 4 is 24.3 Å². The van der Waals surface area contributed by atoms with Crippen molar-refractivity contribution in [2.45, 2.75) is 0 Å². The zero-order valence-electron chi connectivity index (χ0n) is 23.5. The second-order valence-electron chi connectivity index (χ2n) is 8.15. The zero-order chi connectivity index (χ0) is 31.2. The van der Waals surface area contributed by atoms with Gasteiger partial charge >= 0.3 is 21.7 Å². The van der Waals surface area contributed by atoms with E-state index in [9.17, 15) is 49.8 Å². The number of quaternary nitrogens is 2. The van der Waals surface area contributed by atoms with Gasteiger partial charge in [-0.15, -0.1) is 0 Å². The molecule has 0 radical (unpaired) electrons. The average Bonchev–Trinajstić information content (AvgIpc) is 2.95. The monoisotopic (exact) mass is 635 g/mol. The largest absolute Gasteiger partial charge is 4.00 e. The third kappa shape index (κ3) is 20.1. The Hall–Kier alpha value is -4.47. The van der Waals surface area contributed by atoms with Gasteiger partial charge in [0.1, 0.15) is 26.2 Å². The maximum Gasteiger partial charge on any atom is 4.00 e. The van der Waals surface area contributed by atoms with Crippen molar-refractivity contribution < 1.29 is 87.6 Å². The van der Waals surface area contributed by atoms with Crippen LogP contribution in [-0.2, 0) is 26.5 Å². The number of aromatic carboxylic acids is 3. The van der Waals surface area contributed by atoms with E-state index in [-0.39, 0.29) is 43.9 Å². The first-order chi connectivity index (χ1) is 19.4. The van der Waals surface area contributed by atoms with Gasteiger partial charge in [0, 0.05) is 14.1 Å². The minimum absolute atomic E-state index is 0. The summed E-state index contributed by atoms with van der Waals surface area (Å²) in [6, 6.07) is 16.1. The molecular formula is C28H33N3O11Ti. The molecule has 0 saturated carbocycles. The number of rotatable bonds is 4. The van der Waals surface area contributed by atoms with Crippen LogP contribution in [-0.4, -0.2) is 75.0 Å². The van der Waals surface area contributed by atoms with Crippen LogP contribution in [0.4, 0.5) is 0 Å². The molecule has 0 atom stereocenters. The number of hydrogen-bond acceptors (Lipinski definition) is 10. The molecule has 15 heteroatoms. The van der Waals surface area contributed by atoms with Crippen molar-refractivity contribution in [1.82, 2.24) is 4.90 Å². The summed E-state index contributed by atoms with van der Waals surface area (Å²) in [5, 5.41) is 67.0. The van der Waals surface area contributed by atoms with Crippen LogP contribution in [0, 0.1) is 0 Å². The van der Waals surface area contributed by atoms with Crippen LogP contribution in [0.25, 0.3) is 0 Å². The van der Waals surface area contributed by atoms with Gasteiger partial charge in [-0.25, -0.2) is 0 Å². The van der Waals surface area contributed by atoms with E-state index < -0.39 is 35.2 Å². The topological polar surface area (TPSA) is 275 Å². The number of carboxylic acids is 3. The summed E-state index contributed by atoms with van der Waals surface area (Å²) in [5.74, 6) is -5.81. The van der Waals surface area contributed by atoms with E-state index in [1.54, 1.807) is 14.1 Å². The zero-order valence-corrected chi connectivity index (χ0v) is 25.1. The van der Waals surface area contributed by atoms with Crippen LogP contribution in [0.5, 0.6) is 17.2 Å². The van der Waals surface area contributed by atoms with Gasteiger partial charge in [0.2, 0.25) is 6.41 Å². The number of carbonyl (C=O) groups excluding carboxylic acids is 4. The minimum Gasteiger partial charge on any atom is -0.872 e. The SMILES string of the molecule is C1C[NH2+]CC[NH2+]1.CN(C)C=O.O.O=C([O-])c1ccccc1[O-].O=C([O-])c1ccccc1[O-].O=C([O-])c1ccccc1[O-].[Ti+4]. The Bertz CT molecular complexity index is 1100. The van der Waals surface area contributed by atoms with Gasteiger partial charge in [0.05, 0.1) is 17.9 Å². The molecule has 1 saturated heterocycles. The predicted octanol–water partition coefficient (Wildman–Crippen LogP) is -6.62. The van der Waals surface area contributed by atoms with E-state index in [0.29, 0.717) is 0 Å². The summed E-state index contributed by atoms with van der Waals surface area (Å²) in [5.41, 5.74) is -0.868. The molecule has 0 spiro atoms. The Morgan fingerprint density at radius 2 is 0.814 bits per heavy atom. The van der Waals surface area contributed by atoms with Gasteiger partial charge in [-0.1, -0.05) is 90.0 Å². The molecule has 43 heavy (non-hydrogen) atoms. The second-order valence-corrected chi connectivity index (χ2v) is 8.15. The normalized spacial score (nSPS) is 10.6. The molecule has 3 aromatic carbocycles. The standard InChI is InChI=1S/3C7H6O3.C4H10N2.C3H7NO.H2O.Ti/c3*8-6-4-2-1-3-5(6)7(9)10;1-2-6-4-3-5-1;1-4(2)3-5;;/h3*1-4,8H,(H,9,10);5-6H,1-4H2;3H,1-2H3;1H2;/q;;;;;;+4/p-4. The molecule has 1 fully saturated rings. The average molecular weight is 635 g/mol. The van der Waals surface area contributed by atoms with Gasteiger partial charge in [0.15, 0.2) is 0 Å². The third-order valence-electron chi connectivity index (χ3n) is 4.68. The number of benzene rings is 3. The summed E-state index contributed by atoms with van der Waals surface area (Å²) in [7, 11) is 3.38. The Labute approximate surface area is 263 Å². The van der Waals surface area contributed by atoms with Crippen molar-refractivity contribution in [2.75, 3.05) is 40.3 Å². The second kappa shape index (κ2) is 25.3. The fourth-order valence-corrected chi connectivity index (χ4v) is 2.67. The fraction of sp³-hybridized carbons (Fsp3) is 0.214. The van der Waals surface area contributed by atoms with Crippen molar-refractivity contribution in [3.63, 3.8) is 0 Å². The number of para-hydroxylation sites is 3. The Balaban J connectivity index is -0.000000471. The van der Waals surface area contributed by atoms with E-state index in [1.807, 2.05) is 0 Å². The van der Waals surface area contributed by atoms with Gasteiger partial charge in [0.25, 0.3) is 0 Å². The number of nitrogens with zero attached hydrogens (tertiary/aromatic N) is 1. The minimum atomic E-state index is -1.43. The van der Waals surface area contributed by atoms with E-state index >= 15 is 0 Å². The molecule has 1 amide bonds. The molecule has 0 aromatic heterocycles. The molecule has 230 valence electrons. The van der Waals surface area contributed by atoms with Crippen LogP contribution in [0.3, 0.4) is 0 Å². The molecule has 0 unspecified atom stereocenters. The molecule has 1 aliphatic rings. The maximum absolute atomic E-state index is 10.6. The van der Waals surface area contributed by atoms with Gasteiger partial charge < -0.3 is 66.0 Å². The first kappa shape index (κ1) is 43.0. The predicted molar refractivity (Wildman–Crippen MR) is 137 cm³/mol. The van der Waals surface area contributed by atoms with Crippen LogP contribution >= 0.6 is 0 Å². The Morgan fingerprint density at radius 1 is 0.605 bits per heavy atom. The smallest absolute Gasteiger partial charge is 0.872 e. The van der Waals surface area contributed by atoms with Crippen molar-refractivity contribution in [3.05, 3.63) is 89.5 Å². The van der Waals surface area contributed by atoms with E-state index in [2.05, 4.69) is 10.6 Å². The first-order valence-corrected chi connectivity index (χ1v) is 12.1. The first-order valence-electron chi connectivity index (χ1n) is 12.1. The van der Waals surface area contributed by atoms with E-state index in [4.69, 9.17) is 0 Å². The summed E-state index contributed by atoms with van der Waals surface area (Å²) in [4.78, 5) is 41.2. The van der Waals surface area contributed by atoms with Gasteiger partial charge in [-0.3, -0.25) is 4.79 Å². The number of carbonyl (C=O) groups is 4. The van der Waals surface area contributed by atoms with Crippen LogP contribution in [0.1, 0.15) is 31.1 Å². The van der Waals surface area contributed by atoms with Crippen LogP contribution in [0.2, 0.25) is 0 Å². The number of carboxylic acid groups (broad SMARTS) is 3. The molecule has 4 rings (SSSR count). The maximum atomic E-state index is 10.6. The quantitative estimate of drug-likeness (QED) is 0.202. The molecule has 0 aliphatic carbocycles. The number of piperazine rings is 1. The van der Waals surface area contributed by atoms with Crippen LogP contribution in [0.15, 0.2) is 72.8 Å². The third-order valence-corrected chi connectivity index (χ3v) is 4.68. The number of amides is 1. The van der Waals surface area contributed by atoms with E-state index in [0.717, 1.165) is 6.41 Å². The molecule has 1 aliphatic heterocycles. The molecule has 0 bridgehead atoms. The Morgan fingerprint density at radius 3 is 0.930 bits per heavy atom.